The Morgan fingerprint density at radius 3 is 2.44 bits per heavy atom. The van der Waals surface area contributed by atoms with Gasteiger partial charge in [-0.05, 0) is 25.9 Å². The van der Waals surface area contributed by atoms with E-state index in [1.54, 1.807) is 0 Å². The molecule has 7 heteroatoms. The highest BCUT2D eigenvalue weighted by molar-refractivity contribution is 5.82. The van der Waals surface area contributed by atoms with Gasteiger partial charge in [0.05, 0.1) is 6.61 Å². The molecule has 104 valence electrons. The molecule has 0 aromatic rings. The van der Waals surface area contributed by atoms with Crippen LogP contribution in [0.3, 0.4) is 0 Å². The highest BCUT2D eigenvalue weighted by atomic mass is 16.4. The fraction of sp³-hybridized carbons (Fsp3) is 0.818. The van der Waals surface area contributed by atoms with Gasteiger partial charge in [0, 0.05) is 13.1 Å². The summed E-state index contributed by atoms with van der Waals surface area (Å²) in [6.45, 7) is 2.73. The number of carbonyl (C=O) groups is 2. The first-order chi connectivity index (χ1) is 8.63. The predicted octanol–water partition coefficient (Wildman–Crippen LogP) is -0.783. The number of aliphatic hydroxyl groups is 1. The molecule has 4 N–H and O–H groups in total. The molecule has 0 bridgehead atoms. The third-order valence-electron chi connectivity index (χ3n) is 2.95. The zero-order chi connectivity index (χ0) is 13.4. The molecule has 1 aliphatic heterocycles. The van der Waals surface area contributed by atoms with Crippen LogP contribution in [0.4, 0.5) is 4.79 Å². The summed E-state index contributed by atoms with van der Waals surface area (Å²) in [5.74, 6) is -1.25. The number of aliphatic hydroxyl groups excluding tert-OH is 1. The average Bonchev–Trinajstić information content (AvgIpc) is 2.37. The van der Waals surface area contributed by atoms with E-state index in [4.69, 9.17) is 10.2 Å². The summed E-state index contributed by atoms with van der Waals surface area (Å²) in [5.41, 5.74) is 0. The Morgan fingerprint density at radius 2 is 1.89 bits per heavy atom. The summed E-state index contributed by atoms with van der Waals surface area (Å²) < 4.78 is 0. The number of amides is 2. The Labute approximate surface area is 106 Å². The van der Waals surface area contributed by atoms with Gasteiger partial charge in [0.1, 0.15) is 0 Å². The van der Waals surface area contributed by atoms with Gasteiger partial charge in [-0.1, -0.05) is 6.42 Å². The molecule has 18 heavy (non-hydrogen) atoms. The zero-order valence-electron chi connectivity index (χ0n) is 10.4. The van der Waals surface area contributed by atoms with E-state index < -0.39 is 24.6 Å². The van der Waals surface area contributed by atoms with Crippen molar-refractivity contribution in [1.82, 2.24) is 15.5 Å². The van der Waals surface area contributed by atoms with Crippen LogP contribution in [0.5, 0.6) is 0 Å². The number of carboxylic acids is 1. The molecule has 1 aliphatic rings. The van der Waals surface area contributed by atoms with Gasteiger partial charge in [-0.15, -0.1) is 0 Å². The molecule has 0 unspecified atom stereocenters. The van der Waals surface area contributed by atoms with Gasteiger partial charge in [0.15, 0.2) is 6.04 Å². The minimum atomic E-state index is -1.25. The molecule has 1 atom stereocenters. The van der Waals surface area contributed by atoms with Crippen molar-refractivity contribution in [2.24, 2.45) is 0 Å². The number of nitrogens with one attached hydrogen (secondary N) is 2. The maximum Gasteiger partial charge on any atom is 0.328 e. The van der Waals surface area contributed by atoms with Crippen molar-refractivity contribution < 1.29 is 19.8 Å². The van der Waals surface area contributed by atoms with E-state index in [1.165, 1.54) is 19.3 Å². The highest BCUT2D eigenvalue weighted by Gasteiger charge is 2.18. The maximum absolute atomic E-state index is 11.3. The largest absolute Gasteiger partial charge is 0.480 e. The number of piperidine rings is 1. The van der Waals surface area contributed by atoms with Crippen LogP contribution in [0.1, 0.15) is 19.3 Å². The van der Waals surface area contributed by atoms with Gasteiger partial charge in [-0.2, -0.15) is 0 Å². The molecular formula is C11H21N3O4. The lowest BCUT2D eigenvalue weighted by molar-refractivity contribution is -0.140. The SMILES string of the molecule is O=C(NCCN1CCCCC1)N[C@H](CO)C(=O)O. The van der Waals surface area contributed by atoms with Crippen molar-refractivity contribution in [1.29, 1.82) is 0 Å². The van der Waals surface area contributed by atoms with Crippen LogP contribution in [0.25, 0.3) is 0 Å². The number of rotatable bonds is 6. The van der Waals surface area contributed by atoms with Gasteiger partial charge < -0.3 is 25.7 Å². The lowest BCUT2D eigenvalue weighted by Crippen LogP contribution is -2.49. The minimum Gasteiger partial charge on any atom is -0.480 e. The first-order valence-electron chi connectivity index (χ1n) is 6.24. The molecule has 1 fully saturated rings. The normalized spacial score (nSPS) is 18.1. The lowest BCUT2D eigenvalue weighted by Gasteiger charge is -2.26. The number of likely N-dealkylation sites (tertiary alicyclic amines) is 1. The van der Waals surface area contributed by atoms with Gasteiger partial charge in [-0.25, -0.2) is 9.59 Å². The third kappa shape index (κ3) is 5.33. The summed E-state index contributed by atoms with van der Waals surface area (Å²) in [6, 6.07) is -1.81. The van der Waals surface area contributed by atoms with Crippen LogP contribution in [-0.4, -0.2) is 65.9 Å². The van der Waals surface area contributed by atoms with E-state index in [1.807, 2.05) is 0 Å². The first kappa shape index (κ1) is 14.7. The second kappa shape index (κ2) is 7.88. The molecular weight excluding hydrogens is 238 g/mol. The van der Waals surface area contributed by atoms with Crippen LogP contribution in [0, 0.1) is 0 Å². The summed E-state index contributed by atoms with van der Waals surface area (Å²) in [6.07, 6.45) is 3.65. The molecule has 0 saturated carbocycles. The lowest BCUT2D eigenvalue weighted by atomic mass is 10.1. The monoisotopic (exact) mass is 259 g/mol. The summed E-state index contributed by atoms with van der Waals surface area (Å²) >= 11 is 0. The van der Waals surface area contributed by atoms with Gasteiger partial charge in [0.2, 0.25) is 0 Å². The van der Waals surface area contributed by atoms with Crippen molar-refractivity contribution >= 4 is 12.0 Å². The topological polar surface area (TPSA) is 102 Å². The molecule has 2 amide bonds. The Kier molecular flexibility index (Phi) is 6.45. The smallest absolute Gasteiger partial charge is 0.328 e. The van der Waals surface area contributed by atoms with E-state index in [2.05, 4.69) is 15.5 Å². The summed E-state index contributed by atoms with van der Waals surface area (Å²) in [7, 11) is 0. The first-order valence-corrected chi connectivity index (χ1v) is 6.24. The van der Waals surface area contributed by atoms with Crippen LogP contribution in [0.2, 0.25) is 0 Å². The van der Waals surface area contributed by atoms with Crippen molar-refractivity contribution in [3.63, 3.8) is 0 Å². The second-order valence-electron chi connectivity index (χ2n) is 4.38. The number of carboxylic acid groups (broad SMARTS) is 1. The van der Waals surface area contributed by atoms with Crippen LogP contribution in [0.15, 0.2) is 0 Å². The Hall–Kier alpha value is -1.34. The van der Waals surface area contributed by atoms with Gasteiger partial charge in [0.25, 0.3) is 0 Å². The molecule has 0 aliphatic carbocycles. The second-order valence-corrected chi connectivity index (χ2v) is 4.38. The molecule has 0 spiro atoms. The molecule has 1 heterocycles. The van der Waals surface area contributed by atoms with Gasteiger partial charge in [-0.3, -0.25) is 0 Å². The Balaban J connectivity index is 2.14. The Morgan fingerprint density at radius 1 is 1.22 bits per heavy atom. The standard InChI is InChI=1S/C11H21N3O4/c15-8-9(10(16)17)13-11(18)12-4-7-14-5-2-1-3-6-14/h9,15H,1-8H2,(H,16,17)(H2,12,13,18)/t9-/m1/s1. The molecule has 1 saturated heterocycles. The molecule has 0 radical (unpaired) electrons. The fourth-order valence-electron chi connectivity index (χ4n) is 1.91. The molecule has 0 aromatic carbocycles. The van der Waals surface area contributed by atoms with Crippen LogP contribution in [-0.2, 0) is 4.79 Å². The number of carbonyl (C=O) groups excluding carboxylic acids is 1. The van der Waals surface area contributed by atoms with E-state index in [-0.39, 0.29) is 0 Å². The number of nitrogens with zero attached hydrogens (tertiary/aromatic N) is 1. The molecule has 1 rings (SSSR count). The third-order valence-corrected chi connectivity index (χ3v) is 2.95. The maximum atomic E-state index is 11.3. The molecule has 0 aromatic heterocycles. The number of hydrogen-bond acceptors (Lipinski definition) is 4. The van der Waals surface area contributed by atoms with Crippen LogP contribution >= 0.6 is 0 Å². The predicted molar refractivity (Wildman–Crippen MR) is 65.3 cm³/mol. The summed E-state index contributed by atoms with van der Waals surface area (Å²) in [5, 5.41) is 22.2. The van der Waals surface area contributed by atoms with E-state index >= 15 is 0 Å². The minimum absolute atomic E-state index is 0.476. The zero-order valence-corrected chi connectivity index (χ0v) is 10.4. The van der Waals surface area contributed by atoms with Crippen molar-refractivity contribution in [3.8, 4) is 0 Å². The highest BCUT2D eigenvalue weighted by Crippen LogP contribution is 2.07. The van der Waals surface area contributed by atoms with Gasteiger partial charge >= 0.3 is 12.0 Å². The number of aliphatic carboxylic acids is 1. The van der Waals surface area contributed by atoms with E-state index in [9.17, 15) is 9.59 Å². The van der Waals surface area contributed by atoms with Crippen molar-refractivity contribution in [2.45, 2.75) is 25.3 Å². The van der Waals surface area contributed by atoms with Crippen LogP contribution < -0.4 is 10.6 Å². The Bertz CT molecular complexity index is 279. The quantitative estimate of drug-likeness (QED) is 0.501. The van der Waals surface area contributed by atoms with E-state index in [0.29, 0.717) is 6.54 Å². The number of hydrogen-bond donors (Lipinski definition) is 4. The summed E-state index contributed by atoms with van der Waals surface area (Å²) in [4.78, 5) is 24.2. The fourth-order valence-corrected chi connectivity index (χ4v) is 1.91. The number of urea groups is 1. The van der Waals surface area contributed by atoms with Crippen molar-refractivity contribution in [3.05, 3.63) is 0 Å². The van der Waals surface area contributed by atoms with Crippen molar-refractivity contribution in [2.75, 3.05) is 32.8 Å². The average molecular weight is 259 g/mol. The van der Waals surface area contributed by atoms with E-state index in [0.717, 1.165) is 19.6 Å². The molecule has 7 nitrogen and oxygen atoms in total.